The van der Waals surface area contributed by atoms with Gasteiger partial charge in [-0.25, -0.2) is 14.4 Å². The van der Waals surface area contributed by atoms with Crippen molar-refractivity contribution in [3.8, 4) is 11.3 Å². The van der Waals surface area contributed by atoms with Crippen LogP contribution in [0.4, 0.5) is 10.2 Å². The van der Waals surface area contributed by atoms with Crippen LogP contribution < -0.4 is 5.32 Å². The van der Waals surface area contributed by atoms with Crippen molar-refractivity contribution in [1.29, 1.82) is 0 Å². The summed E-state index contributed by atoms with van der Waals surface area (Å²) in [5.41, 5.74) is 3.49. The molecule has 0 spiro atoms. The summed E-state index contributed by atoms with van der Waals surface area (Å²) < 4.78 is 13.1. The van der Waals surface area contributed by atoms with Crippen molar-refractivity contribution < 1.29 is 19.4 Å². The predicted molar refractivity (Wildman–Crippen MR) is 123 cm³/mol. The lowest BCUT2D eigenvalue weighted by atomic mass is 10.0. The van der Waals surface area contributed by atoms with Crippen molar-refractivity contribution in [2.75, 3.05) is 5.32 Å². The molecule has 166 valence electrons. The highest BCUT2D eigenvalue weighted by Gasteiger charge is 2.20. The maximum Gasteiger partial charge on any atom is 0.229 e. The molecule has 6 nitrogen and oxygen atoms in total. The Morgan fingerprint density at radius 1 is 0.939 bits per heavy atom. The quantitative estimate of drug-likeness (QED) is 0.401. The van der Waals surface area contributed by atoms with Crippen LogP contribution in [0.3, 0.4) is 0 Å². The maximum absolute atomic E-state index is 13.1. The number of carbonyl (C=O) groups excluding carboxylic acids is 1. The smallest absolute Gasteiger partial charge is 0.229 e. The standard InChI is InChI=1S/C26H22FN3O3/c27-21-12-8-17(9-13-21)14-23(32)30-26-24(25(33)20-4-2-1-3-5-20)29-22(15-28-26)19-10-6-18(16-31)7-11-19/h1-13,15,25,31,33H,14,16H2,(H,28,30,32). The molecule has 7 heteroatoms. The van der Waals surface area contributed by atoms with Gasteiger partial charge in [-0.1, -0.05) is 66.7 Å². The van der Waals surface area contributed by atoms with Crippen LogP contribution >= 0.6 is 0 Å². The average molecular weight is 443 g/mol. The van der Waals surface area contributed by atoms with E-state index in [1.54, 1.807) is 60.7 Å². The summed E-state index contributed by atoms with van der Waals surface area (Å²) in [6.45, 7) is -0.0665. The number of aliphatic hydroxyl groups excluding tert-OH is 2. The van der Waals surface area contributed by atoms with Crippen LogP contribution in [0, 0.1) is 5.82 Å². The van der Waals surface area contributed by atoms with E-state index in [0.717, 1.165) is 11.1 Å². The van der Waals surface area contributed by atoms with Crippen molar-refractivity contribution in [1.82, 2.24) is 9.97 Å². The van der Waals surface area contributed by atoms with Crippen LogP contribution in [0.25, 0.3) is 11.3 Å². The third-order valence-electron chi connectivity index (χ3n) is 5.14. The average Bonchev–Trinajstić information content (AvgIpc) is 2.86. The van der Waals surface area contributed by atoms with Crippen LogP contribution in [0.2, 0.25) is 0 Å². The minimum absolute atomic E-state index is 0.0210. The van der Waals surface area contributed by atoms with Gasteiger partial charge in [-0.05, 0) is 28.8 Å². The summed E-state index contributed by atoms with van der Waals surface area (Å²) in [6.07, 6.45) is 0.423. The third kappa shape index (κ3) is 5.46. The van der Waals surface area contributed by atoms with Gasteiger partial charge in [-0.3, -0.25) is 4.79 Å². The highest BCUT2D eigenvalue weighted by Crippen LogP contribution is 2.28. The number of halogens is 1. The van der Waals surface area contributed by atoms with E-state index in [-0.39, 0.29) is 36.3 Å². The first-order valence-corrected chi connectivity index (χ1v) is 10.4. The van der Waals surface area contributed by atoms with Crippen molar-refractivity contribution in [3.63, 3.8) is 0 Å². The molecule has 33 heavy (non-hydrogen) atoms. The number of benzene rings is 3. The Kier molecular flexibility index (Phi) is 6.83. The lowest BCUT2D eigenvalue weighted by molar-refractivity contribution is -0.115. The van der Waals surface area contributed by atoms with Crippen molar-refractivity contribution in [2.24, 2.45) is 0 Å². The summed E-state index contributed by atoms with van der Waals surface area (Å²) in [7, 11) is 0. The number of hydrogen-bond acceptors (Lipinski definition) is 5. The van der Waals surface area contributed by atoms with E-state index < -0.39 is 6.10 Å². The second-order valence-corrected chi connectivity index (χ2v) is 7.51. The minimum atomic E-state index is -1.11. The molecule has 0 fully saturated rings. The van der Waals surface area contributed by atoms with E-state index in [0.29, 0.717) is 16.8 Å². The zero-order valence-electron chi connectivity index (χ0n) is 17.6. The van der Waals surface area contributed by atoms with Gasteiger partial charge in [0.2, 0.25) is 5.91 Å². The number of nitrogens with zero attached hydrogens (tertiary/aromatic N) is 2. The number of nitrogens with one attached hydrogen (secondary N) is 1. The van der Waals surface area contributed by atoms with Gasteiger partial charge in [0.1, 0.15) is 17.6 Å². The summed E-state index contributed by atoms with van der Waals surface area (Å²) in [6, 6.07) is 21.8. The summed E-state index contributed by atoms with van der Waals surface area (Å²) in [4.78, 5) is 21.6. The van der Waals surface area contributed by atoms with Crippen molar-refractivity contribution in [3.05, 3.63) is 113 Å². The number of aliphatic hydroxyl groups is 2. The fraction of sp³-hybridized carbons (Fsp3) is 0.115. The van der Waals surface area contributed by atoms with Crippen LogP contribution in [-0.2, 0) is 17.8 Å². The third-order valence-corrected chi connectivity index (χ3v) is 5.14. The topological polar surface area (TPSA) is 95.3 Å². The fourth-order valence-corrected chi connectivity index (χ4v) is 3.37. The molecular weight excluding hydrogens is 421 g/mol. The molecule has 3 aromatic carbocycles. The van der Waals surface area contributed by atoms with Crippen LogP contribution in [0.1, 0.15) is 28.5 Å². The van der Waals surface area contributed by atoms with Crippen LogP contribution in [0.15, 0.2) is 85.1 Å². The molecule has 0 bridgehead atoms. The van der Waals surface area contributed by atoms with E-state index in [1.807, 2.05) is 6.07 Å². The van der Waals surface area contributed by atoms with E-state index >= 15 is 0 Å². The first kappa shape index (κ1) is 22.3. The van der Waals surface area contributed by atoms with Crippen LogP contribution in [0.5, 0.6) is 0 Å². The Morgan fingerprint density at radius 2 is 1.61 bits per heavy atom. The summed E-state index contributed by atoms with van der Waals surface area (Å²) in [5.74, 6) is -0.590. The number of amides is 1. The first-order chi connectivity index (χ1) is 16.0. The number of hydrogen-bond donors (Lipinski definition) is 3. The SMILES string of the molecule is O=C(Cc1ccc(F)cc1)Nc1ncc(-c2ccc(CO)cc2)nc1C(O)c1ccccc1. The maximum atomic E-state index is 13.1. The van der Waals surface area contributed by atoms with E-state index in [4.69, 9.17) is 0 Å². The second-order valence-electron chi connectivity index (χ2n) is 7.51. The molecule has 0 aliphatic heterocycles. The molecule has 0 aliphatic carbocycles. The molecule has 3 N–H and O–H groups in total. The number of carbonyl (C=O) groups is 1. The molecule has 1 heterocycles. The van der Waals surface area contributed by atoms with E-state index in [9.17, 15) is 19.4 Å². The van der Waals surface area contributed by atoms with Gasteiger partial charge in [0, 0.05) is 5.56 Å². The Hall–Kier alpha value is -3.94. The Labute approximate surface area is 190 Å². The Bertz CT molecular complexity index is 1230. The molecule has 1 unspecified atom stereocenters. The van der Waals surface area contributed by atoms with E-state index in [2.05, 4.69) is 15.3 Å². The number of aromatic nitrogens is 2. The molecule has 1 amide bonds. The lowest BCUT2D eigenvalue weighted by Crippen LogP contribution is -2.19. The normalized spacial score (nSPS) is 11.7. The van der Waals surface area contributed by atoms with Gasteiger partial charge in [0.05, 0.1) is 24.9 Å². The molecule has 0 saturated carbocycles. The summed E-state index contributed by atoms with van der Waals surface area (Å²) in [5, 5.41) is 23.0. The molecule has 4 rings (SSSR count). The lowest BCUT2D eigenvalue weighted by Gasteiger charge is -2.16. The van der Waals surface area contributed by atoms with Crippen molar-refractivity contribution in [2.45, 2.75) is 19.1 Å². The van der Waals surface area contributed by atoms with Gasteiger partial charge >= 0.3 is 0 Å². The molecule has 1 aromatic heterocycles. The largest absolute Gasteiger partial charge is 0.392 e. The van der Waals surface area contributed by atoms with Gasteiger partial charge in [-0.15, -0.1) is 0 Å². The van der Waals surface area contributed by atoms with Gasteiger partial charge in [0.15, 0.2) is 5.82 Å². The molecule has 1 atom stereocenters. The molecule has 0 aliphatic rings. The zero-order valence-corrected chi connectivity index (χ0v) is 17.6. The van der Waals surface area contributed by atoms with Gasteiger partial charge in [0.25, 0.3) is 0 Å². The second kappa shape index (κ2) is 10.1. The van der Waals surface area contributed by atoms with Gasteiger partial charge in [-0.2, -0.15) is 0 Å². The summed E-state index contributed by atoms with van der Waals surface area (Å²) >= 11 is 0. The van der Waals surface area contributed by atoms with E-state index in [1.165, 1.54) is 18.3 Å². The zero-order chi connectivity index (χ0) is 23.2. The first-order valence-electron chi connectivity index (χ1n) is 10.4. The molecule has 0 saturated heterocycles. The fourth-order valence-electron chi connectivity index (χ4n) is 3.37. The molecule has 4 aromatic rings. The van der Waals surface area contributed by atoms with Crippen molar-refractivity contribution >= 4 is 11.7 Å². The predicted octanol–water partition coefficient (Wildman–Crippen LogP) is 4.04. The Balaban J connectivity index is 1.65. The number of anilines is 1. The molecule has 0 radical (unpaired) electrons. The number of rotatable bonds is 7. The molecular formula is C26H22FN3O3. The van der Waals surface area contributed by atoms with Gasteiger partial charge < -0.3 is 15.5 Å². The highest BCUT2D eigenvalue weighted by molar-refractivity contribution is 5.92. The van der Waals surface area contributed by atoms with Crippen LogP contribution in [-0.4, -0.2) is 26.1 Å². The monoisotopic (exact) mass is 443 g/mol. The highest BCUT2D eigenvalue weighted by atomic mass is 19.1. The minimum Gasteiger partial charge on any atom is -0.392 e. The Morgan fingerprint density at radius 3 is 2.27 bits per heavy atom.